The van der Waals surface area contributed by atoms with E-state index in [-0.39, 0.29) is 0 Å². The highest BCUT2D eigenvalue weighted by atomic mass is 16.3. The van der Waals surface area contributed by atoms with Gasteiger partial charge in [-0.25, -0.2) is 0 Å². The van der Waals surface area contributed by atoms with E-state index >= 15 is 0 Å². The van der Waals surface area contributed by atoms with E-state index in [1.807, 2.05) is 43.3 Å². The maximum atomic E-state index is 9.83. The lowest BCUT2D eigenvalue weighted by molar-refractivity contribution is 0.469. The Hall–Kier alpha value is -2.55. The predicted octanol–water partition coefficient (Wildman–Crippen LogP) is 3.86. The fourth-order valence-electron chi connectivity index (χ4n) is 2.24. The molecule has 0 aliphatic carbocycles. The van der Waals surface area contributed by atoms with Crippen molar-refractivity contribution in [3.63, 3.8) is 0 Å². The second kappa shape index (κ2) is 5.21. The molecule has 1 heterocycles. The highest BCUT2D eigenvalue weighted by Crippen LogP contribution is 2.21. The van der Waals surface area contributed by atoms with Crippen LogP contribution in [0.25, 0.3) is 10.9 Å². The van der Waals surface area contributed by atoms with Crippen LogP contribution in [0, 0.1) is 6.92 Å². The molecule has 0 unspecified atom stereocenters. The molecule has 100 valence electrons. The predicted molar refractivity (Wildman–Crippen MR) is 81.9 cm³/mol. The summed E-state index contributed by atoms with van der Waals surface area (Å²) in [6.45, 7) is 2.61. The van der Waals surface area contributed by atoms with Crippen molar-refractivity contribution < 1.29 is 5.11 Å². The van der Waals surface area contributed by atoms with Crippen molar-refractivity contribution in [2.24, 2.45) is 0 Å². The van der Waals surface area contributed by atoms with Gasteiger partial charge in [0.05, 0.1) is 5.52 Å². The van der Waals surface area contributed by atoms with E-state index in [9.17, 15) is 5.11 Å². The topological polar surface area (TPSA) is 45.1 Å². The van der Waals surface area contributed by atoms with Crippen LogP contribution in [0.3, 0.4) is 0 Å². The van der Waals surface area contributed by atoms with E-state index < -0.39 is 0 Å². The molecule has 3 nitrogen and oxygen atoms in total. The van der Waals surface area contributed by atoms with Gasteiger partial charge in [0, 0.05) is 29.4 Å². The van der Waals surface area contributed by atoms with Gasteiger partial charge in [-0.1, -0.05) is 23.8 Å². The summed E-state index contributed by atoms with van der Waals surface area (Å²) in [5.41, 5.74) is 4.04. The summed E-state index contributed by atoms with van der Waals surface area (Å²) in [7, 11) is 0. The largest absolute Gasteiger partial charge is 0.508 e. The van der Waals surface area contributed by atoms with Crippen molar-refractivity contribution in [1.29, 1.82) is 0 Å². The first-order valence-corrected chi connectivity index (χ1v) is 6.59. The van der Waals surface area contributed by atoms with Crippen LogP contribution in [0.5, 0.6) is 5.75 Å². The molecule has 3 heteroatoms. The molecular weight excluding hydrogens is 248 g/mol. The lowest BCUT2D eigenvalue weighted by Gasteiger charge is -2.09. The summed E-state index contributed by atoms with van der Waals surface area (Å²) in [5.74, 6) is 0.325. The second-order valence-electron chi connectivity index (χ2n) is 4.90. The minimum atomic E-state index is 0.325. The van der Waals surface area contributed by atoms with Crippen LogP contribution in [-0.2, 0) is 6.54 Å². The molecule has 2 aromatic carbocycles. The van der Waals surface area contributed by atoms with Crippen LogP contribution in [0.1, 0.15) is 11.1 Å². The van der Waals surface area contributed by atoms with Gasteiger partial charge in [0.1, 0.15) is 5.75 Å². The van der Waals surface area contributed by atoms with Crippen LogP contribution in [0.4, 0.5) is 5.69 Å². The fourth-order valence-corrected chi connectivity index (χ4v) is 2.24. The maximum Gasteiger partial charge on any atom is 0.120 e. The van der Waals surface area contributed by atoms with E-state index in [1.54, 1.807) is 12.3 Å². The smallest absolute Gasteiger partial charge is 0.120 e. The summed E-state index contributed by atoms with van der Waals surface area (Å²) < 4.78 is 0. The summed E-state index contributed by atoms with van der Waals surface area (Å²) in [6.07, 6.45) is 1.79. The average Bonchev–Trinajstić information content (AvgIpc) is 2.48. The van der Waals surface area contributed by atoms with Crippen molar-refractivity contribution in [1.82, 2.24) is 4.98 Å². The standard InChI is InChI=1S/C17H16N2O/c1-12-4-7-17(20)14(9-12)11-19-15-5-6-16-13(10-15)3-2-8-18-16/h2-10,19-20H,11H2,1H3. The Balaban J connectivity index is 1.81. The SMILES string of the molecule is Cc1ccc(O)c(CNc2ccc3ncccc3c2)c1. The number of hydrogen-bond acceptors (Lipinski definition) is 3. The number of aromatic hydroxyl groups is 1. The Morgan fingerprint density at radius 3 is 2.90 bits per heavy atom. The number of phenolic OH excluding ortho intramolecular Hbond substituents is 1. The molecular formula is C17H16N2O. The Kier molecular flexibility index (Phi) is 3.25. The first-order valence-electron chi connectivity index (χ1n) is 6.59. The van der Waals surface area contributed by atoms with Crippen LogP contribution in [0.2, 0.25) is 0 Å². The lowest BCUT2D eigenvalue weighted by atomic mass is 10.1. The molecule has 0 radical (unpaired) electrons. The number of fused-ring (bicyclic) bond motifs is 1. The van der Waals surface area contributed by atoms with Gasteiger partial charge >= 0.3 is 0 Å². The van der Waals surface area contributed by atoms with Gasteiger partial charge in [-0.2, -0.15) is 0 Å². The van der Waals surface area contributed by atoms with Gasteiger partial charge in [0.2, 0.25) is 0 Å². The number of aromatic nitrogens is 1. The zero-order valence-corrected chi connectivity index (χ0v) is 11.3. The van der Waals surface area contributed by atoms with Crippen molar-refractivity contribution in [2.75, 3.05) is 5.32 Å². The highest BCUT2D eigenvalue weighted by molar-refractivity contribution is 5.82. The Morgan fingerprint density at radius 2 is 2.00 bits per heavy atom. The van der Waals surface area contributed by atoms with Gasteiger partial charge in [0.25, 0.3) is 0 Å². The minimum Gasteiger partial charge on any atom is -0.508 e. The second-order valence-corrected chi connectivity index (χ2v) is 4.90. The quantitative estimate of drug-likeness (QED) is 0.755. The van der Waals surface area contributed by atoms with E-state index in [1.165, 1.54) is 0 Å². The minimum absolute atomic E-state index is 0.325. The van der Waals surface area contributed by atoms with Crippen LogP contribution < -0.4 is 5.32 Å². The number of rotatable bonds is 3. The molecule has 2 N–H and O–H groups in total. The lowest BCUT2D eigenvalue weighted by Crippen LogP contribution is -2.00. The van der Waals surface area contributed by atoms with E-state index in [4.69, 9.17) is 0 Å². The molecule has 0 saturated heterocycles. The highest BCUT2D eigenvalue weighted by Gasteiger charge is 2.02. The number of anilines is 1. The maximum absolute atomic E-state index is 9.83. The number of phenols is 1. The molecule has 0 bridgehead atoms. The van der Waals surface area contributed by atoms with Crippen molar-refractivity contribution in [3.05, 3.63) is 65.9 Å². The molecule has 1 aromatic heterocycles. The molecule has 0 fully saturated rings. The van der Waals surface area contributed by atoms with Crippen molar-refractivity contribution >= 4 is 16.6 Å². The number of aryl methyl sites for hydroxylation is 1. The Morgan fingerprint density at radius 1 is 1.10 bits per heavy atom. The molecule has 0 spiro atoms. The zero-order valence-electron chi connectivity index (χ0n) is 11.3. The summed E-state index contributed by atoms with van der Waals surface area (Å²) in [4.78, 5) is 4.30. The van der Waals surface area contributed by atoms with E-state index in [0.717, 1.165) is 27.7 Å². The number of nitrogens with zero attached hydrogens (tertiary/aromatic N) is 1. The number of hydrogen-bond donors (Lipinski definition) is 2. The molecule has 3 rings (SSSR count). The summed E-state index contributed by atoms with van der Waals surface area (Å²) in [6, 6.07) is 15.7. The summed E-state index contributed by atoms with van der Waals surface area (Å²) in [5, 5.41) is 14.3. The van der Waals surface area contributed by atoms with Crippen LogP contribution >= 0.6 is 0 Å². The number of nitrogens with one attached hydrogen (secondary N) is 1. The molecule has 0 aliphatic rings. The first kappa shape index (κ1) is 12.5. The van der Waals surface area contributed by atoms with Gasteiger partial charge < -0.3 is 10.4 Å². The molecule has 20 heavy (non-hydrogen) atoms. The molecule has 0 atom stereocenters. The average molecular weight is 264 g/mol. The van der Waals surface area contributed by atoms with Crippen molar-refractivity contribution in [3.8, 4) is 5.75 Å². The van der Waals surface area contributed by atoms with Gasteiger partial charge in [-0.05, 0) is 37.3 Å². The van der Waals surface area contributed by atoms with E-state index in [0.29, 0.717) is 12.3 Å². The van der Waals surface area contributed by atoms with Gasteiger partial charge in [-0.15, -0.1) is 0 Å². The van der Waals surface area contributed by atoms with E-state index in [2.05, 4.69) is 16.4 Å². The van der Waals surface area contributed by atoms with Crippen LogP contribution in [-0.4, -0.2) is 10.1 Å². The van der Waals surface area contributed by atoms with Gasteiger partial charge in [0.15, 0.2) is 0 Å². The molecule has 3 aromatic rings. The molecule has 0 amide bonds. The number of pyridine rings is 1. The Labute approximate surface area is 117 Å². The summed E-state index contributed by atoms with van der Waals surface area (Å²) >= 11 is 0. The molecule has 0 aliphatic heterocycles. The fraction of sp³-hybridized carbons (Fsp3) is 0.118. The molecule has 0 saturated carbocycles. The first-order chi connectivity index (χ1) is 9.72. The third-order valence-corrected chi connectivity index (χ3v) is 3.32. The van der Waals surface area contributed by atoms with Crippen molar-refractivity contribution in [2.45, 2.75) is 13.5 Å². The normalized spacial score (nSPS) is 10.7. The third kappa shape index (κ3) is 2.57. The zero-order chi connectivity index (χ0) is 13.9. The monoisotopic (exact) mass is 264 g/mol. The van der Waals surface area contributed by atoms with Gasteiger partial charge in [-0.3, -0.25) is 4.98 Å². The van der Waals surface area contributed by atoms with Crippen LogP contribution in [0.15, 0.2) is 54.7 Å². The number of benzene rings is 2. The Bertz CT molecular complexity index is 753. The third-order valence-electron chi connectivity index (χ3n) is 3.32.